The van der Waals surface area contributed by atoms with Gasteiger partial charge in [-0.2, -0.15) is 0 Å². The van der Waals surface area contributed by atoms with Crippen LogP contribution in [-0.2, 0) is 4.79 Å². The van der Waals surface area contributed by atoms with Crippen LogP contribution in [0.2, 0.25) is 0 Å². The van der Waals surface area contributed by atoms with E-state index in [9.17, 15) is 4.79 Å². The maximum absolute atomic E-state index is 12.2. The lowest BCUT2D eigenvalue weighted by molar-refractivity contribution is -0.117. The van der Waals surface area contributed by atoms with Crippen LogP contribution in [0.3, 0.4) is 0 Å². The van der Waals surface area contributed by atoms with Crippen LogP contribution in [0.1, 0.15) is 38.5 Å². The summed E-state index contributed by atoms with van der Waals surface area (Å²) in [6.07, 6.45) is 6.39. The molecule has 4 heteroatoms. The SMILES string of the molecule is CNC1(CC(=O)Nc2ccc(OC)cc2)CCCCC1. The quantitative estimate of drug-likeness (QED) is 0.869. The zero-order valence-corrected chi connectivity index (χ0v) is 12.4. The highest BCUT2D eigenvalue weighted by atomic mass is 16.5. The molecular weight excluding hydrogens is 252 g/mol. The Labute approximate surface area is 120 Å². The molecule has 0 atom stereocenters. The van der Waals surface area contributed by atoms with Gasteiger partial charge >= 0.3 is 0 Å². The maximum atomic E-state index is 12.2. The molecule has 0 radical (unpaired) electrons. The van der Waals surface area contributed by atoms with Crippen LogP contribution in [0, 0.1) is 0 Å². The highest BCUT2D eigenvalue weighted by Gasteiger charge is 2.32. The van der Waals surface area contributed by atoms with Crippen molar-refractivity contribution in [1.82, 2.24) is 5.32 Å². The topological polar surface area (TPSA) is 50.4 Å². The van der Waals surface area contributed by atoms with Gasteiger partial charge in [-0.15, -0.1) is 0 Å². The van der Waals surface area contributed by atoms with E-state index in [-0.39, 0.29) is 11.4 Å². The van der Waals surface area contributed by atoms with Crippen LogP contribution in [0.4, 0.5) is 5.69 Å². The molecule has 0 heterocycles. The number of nitrogens with one attached hydrogen (secondary N) is 2. The van der Waals surface area contributed by atoms with E-state index in [1.165, 1.54) is 19.3 Å². The van der Waals surface area contributed by atoms with Gasteiger partial charge in [0.25, 0.3) is 0 Å². The van der Waals surface area contributed by atoms with Gasteiger partial charge in [-0.25, -0.2) is 0 Å². The van der Waals surface area contributed by atoms with Gasteiger partial charge in [0.1, 0.15) is 5.75 Å². The van der Waals surface area contributed by atoms with Crippen LogP contribution < -0.4 is 15.4 Å². The Balaban J connectivity index is 1.93. The number of hydrogen-bond donors (Lipinski definition) is 2. The van der Waals surface area contributed by atoms with E-state index in [2.05, 4.69) is 10.6 Å². The molecule has 1 aliphatic rings. The van der Waals surface area contributed by atoms with Gasteiger partial charge in [-0.1, -0.05) is 19.3 Å². The van der Waals surface area contributed by atoms with Crippen molar-refractivity contribution in [2.45, 2.75) is 44.1 Å². The van der Waals surface area contributed by atoms with Crippen molar-refractivity contribution in [3.8, 4) is 5.75 Å². The highest BCUT2D eigenvalue weighted by molar-refractivity contribution is 5.91. The van der Waals surface area contributed by atoms with E-state index in [1.807, 2.05) is 31.3 Å². The van der Waals surface area contributed by atoms with Crippen LogP contribution in [0.5, 0.6) is 5.75 Å². The molecule has 1 amide bonds. The second-order valence-electron chi connectivity index (χ2n) is 5.54. The fourth-order valence-electron chi connectivity index (χ4n) is 2.93. The number of ether oxygens (including phenoxy) is 1. The standard InChI is InChI=1S/C16H24N2O2/c1-17-16(10-4-3-5-11-16)12-15(19)18-13-6-8-14(20-2)9-7-13/h6-9,17H,3-5,10-12H2,1-2H3,(H,18,19). The minimum absolute atomic E-state index is 0.0190. The molecule has 4 nitrogen and oxygen atoms in total. The van der Waals surface area contributed by atoms with E-state index in [0.29, 0.717) is 6.42 Å². The van der Waals surface area contributed by atoms with Crippen LogP contribution >= 0.6 is 0 Å². The monoisotopic (exact) mass is 276 g/mol. The fourth-order valence-corrected chi connectivity index (χ4v) is 2.93. The summed E-state index contributed by atoms with van der Waals surface area (Å²) >= 11 is 0. The summed E-state index contributed by atoms with van der Waals surface area (Å²) in [7, 11) is 3.60. The molecule has 20 heavy (non-hydrogen) atoms. The smallest absolute Gasteiger partial charge is 0.226 e. The Morgan fingerprint density at radius 2 is 1.85 bits per heavy atom. The van der Waals surface area contributed by atoms with Crippen molar-refractivity contribution in [3.63, 3.8) is 0 Å². The summed E-state index contributed by atoms with van der Waals surface area (Å²) in [5, 5.41) is 6.34. The number of carbonyl (C=O) groups is 1. The lowest BCUT2D eigenvalue weighted by Gasteiger charge is -2.36. The third kappa shape index (κ3) is 3.73. The van der Waals surface area contributed by atoms with Crippen LogP contribution in [0.25, 0.3) is 0 Å². The molecule has 2 N–H and O–H groups in total. The zero-order chi connectivity index (χ0) is 14.4. The second-order valence-corrected chi connectivity index (χ2v) is 5.54. The van der Waals surface area contributed by atoms with Gasteiger partial charge in [-0.05, 0) is 44.2 Å². The summed E-state index contributed by atoms with van der Waals surface area (Å²) in [6.45, 7) is 0. The zero-order valence-electron chi connectivity index (χ0n) is 12.4. The second kappa shape index (κ2) is 6.75. The fraction of sp³-hybridized carbons (Fsp3) is 0.562. The molecule has 1 aromatic carbocycles. The molecule has 0 unspecified atom stereocenters. The summed E-state index contributed by atoms with van der Waals surface area (Å²) in [4.78, 5) is 12.2. The molecule has 1 fully saturated rings. The molecule has 1 aromatic rings. The highest BCUT2D eigenvalue weighted by Crippen LogP contribution is 2.31. The molecule has 2 rings (SSSR count). The van der Waals surface area contributed by atoms with E-state index in [1.54, 1.807) is 7.11 Å². The summed E-state index contributed by atoms with van der Waals surface area (Å²) < 4.78 is 5.11. The molecule has 110 valence electrons. The number of anilines is 1. The molecule has 0 saturated heterocycles. The number of carbonyl (C=O) groups excluding carboxylic acids is 1. The Bertz CT molecular complexity index is 436. The predicted octanol–water partition coefficient (Wildman–Crippen LogP) is 2.95. The van der Waals surface area contributed by atoms with Crippen molar-refractivity contribution < 1.29 is 9.53 Å². The van der Waals surface area contributed by atoms with E-state index in [4.69, 9.17) is 4.74 Å². The first-order valence-electron chi connectivity index (χ1n) is 7.30. The van der Waals surface area contributed by atoms with Crippen molar-refractivity contribution in [2.24, 2.45) is 0 Å². The van der Waals surface area contributed by atoms with E-state index < -0.39 is 0 Å². The number of hydrogen-bond acceptors (Lipinski definition) is 3. The molecule has 0 aromatic heterocycles. The normalized spacial score (nSPS) is 17.5. The Morgan fingerprint density at radius 1 is 1.20 bits per heavy atom. The van der Waals surface area contributed by atoms with Gasteiger partial charge in [0, 0.05) is 17.6 Å². The molecule has 1 aliphatic carbocycles. The average molecular weight is 276 g/mol. The maximum Gasteiger partial charge on any atom is 0.226 e. The summed E-state index contributed by atoms with van der Waals surface area (Å²) in [5.74, 6) is 0.869. The van der Waals surface area contributed by atoms with Gasteiger partial charge < -0.3 is 15.4 Å². The summed E-state index contributed by atoms with van der Waals surface area (Å²) in [5.41, 5.74) is 0.798. The predicted molar refractivity (Wildman–Crippen MR) is 81.1 cm³/mol. The van der Waals surface area contributed by atoms with Crippen molar-refractivity contribution >= 4 is 11.6 Å². The third-order valence-corrected chi connectivity index (χ3v) is 4.21. The third-order valence-electron chi connectivity index (χ3n) is 4.21. The Morgan fingerprint density at radius 3 is 2.40 bits per heavy atom. The molecule has 0 spiro atoms. The van der Waals surface area contributed by atoms with Gasteiger partial charge in [0.05, 0.1) is 7.11 Å². The molecular formula is C16H24N2O2. The molecule has 0 aliphatic heterocycles. The Hall–Kier alpha value is -1.55. The number of benzene rings is 1. The summed E-state index contributed by atoms with van der Waals surface area (Å²) in [6, 6.07) is 7.43. The first-order chi connectivity index (χ1) is 9.67. The lowest BCUT2D eigenvalue weighted by atomic mass is 9.79. The van der Waals surface area contributed by atoms with Crippen molar-refractivity contribution in [3.05, 3.63) is 24.3 Å². The number of rotatable bonds is 5. The first kappa shape index (κ1) is 14.9. The Kier molecular flexibility index (Phi) is 5.01. The van der Waals surface area contributed by atoms with E-state index in [0.717, 1.165) is 24.3 Å². The van der Waals surface area contributed by atoms with Crippen LogP contribution in [-0.4, -0.2) is 25.6 Å². The number of methoxy groups -OCH3 is 1. The lowest BCUT2D eigenvalue weighted by Crippen LogP contribution is -2.47. The van der Waals surface area contributed by atoms with Gasteiger partial charge in [0.2, 0.25) is 5.91 Å². The number of amides is 1. The van der Waals surface area contributed by atoms with Crippen molar-refractivity contribution in [2.75, 3.05) is 19.5 Å². The minimum atomic E-state index is -0.0190. The minimum Gasteiger partial charge on any atom is -0.497 e. The van der Waals surface area contributed by atoms with E-state index >= 15 is 0 Å². The average Bonchev–Trinajstić information content (AvgIpc) is 2.49. The van der Waals surface area contributed by atoms with Gasteiger partial charge in [0.15, 0.2) is 0 Å². The largest absolute Gasteiger partial charge is 0.497 e. The van der Waals surface area contributed by atoms with Crippen molar-refractivity contribution in [1.29, 1.82) is 0 Å². The molecule has 1 saturated carbocycles. The van der Waals surface area contributed by atoms with Crippen LogP contribution in [0.15, 0.2) is 24.3 Å². The molecule has 0 bridgehead atoms. The first-order valence-corrected chi connectivity index (χ1v) is 7.30. The van der Waals surface area contributed by atoms with Gasteiger partial charge in [-0.3, -0.25) is 4.79 Å².